The summed E-state index contributed by atoms with van der Waals surface area (Å²) in [6.45, 7) is 8.69. The van der Waals surface area contributed by atoms with Crippen LogP contribution in [0.15, 0.2) is 48.5 Å². The van der Waals surface area contributed by atoms with Crippen molar-refractivity contribution >= 4 is 33.6 Å². The smallest absolute Gasteiger partial charge is 0.238 e. The fraction of sp³-hybridized carbons (Fsp3) is 0.419. The number of carbonyl (C=O) groups excluding carboxylic acids is 1. The Labute approximate surface area is 254 Å². The molecular weight excluding hydrogens is 574 g/mol. The number of piperidine rings is 1. The van der Waals surface area contributed by atoms with Crippen LogP contribution in [0.25, 0.3) is 5.69 Å². The fourth-order valence-corrected chi connectivity index (χ4v) is 5.82. The van der Waals surface area contributed by atoms with Gasteiger partial charge in [-0.05, 0) is 61.4 Å². The Morgan fingerprint density at radius 3 is 2.56 bits per heavy atom. The van der Waals surface area contributed by atoms with Gasteiger partial charge in [-0.1, -0.05) is 31.2 Å². The number of amides is 1. The molecule has 2 N–H and O–H groups in total. The molecule has 9 nitrogen and oxygen atoms in total. The zero-order valence-corrected chi connectivity index (χ0v) is 25.5. The van der Waals surface area contributed by atoms with Crippen LogP contribution in [0.2, 0.25) is 0 Å². The van der Waals surface area contributed by atoms with Crippen molar-refractivity contribution in [2.24, 2.45) is 5.92 Å². The van der Waals surface area contributed by atoms with Gasteiger partial charge in [0.1, 0.15) is 17.0 Å². The molecule has 43 heavy (non-hydrogen) atoms. The Kier molecular flexibility index (Phi) is 9.91. The molecule has 12 heteroatoms. The molecule has 5 rings (SSSR count). The standard InChI is InChI=1S/C31H38F2N6O3S/c1-5-38-18-27(28(42-38)23-11-12-25(32)26(33)17-23)34-31(43-4)35-29-20(2)30(36-39(29)24-9-7-6-8-10-24)41-19-22-13-15-37(16-14-22)21(3)40/h6-12,17,22,27-28,34-35H,4-5,13-16,18-19H2,1-3H3/t27-,28+/m1/s1. The Morgan fingerprint density at radius 2 is 1.91 bits per heavy atom. The third-order valence-electron chi connectivity index (χ3n) is 7.94. The van der Waals surface area contributed by atoms with Gasteiger partial charge in [0.25, 0.3) is 0 Å². The quantitative estimate of drug-likeness (QED) is 0.356. The second-order valence-corrected chi connectivity index (χ2v) is 11.5. The summed E-state index contributed by atoms with van der Waals surface area (Å²) in [5.74, 6) is 3.91. The fourth-order valence-electron chi connectivity index (χ4n) is 5.42. The van der Waals surface area contributed by atoms with Crippen LogP contribution in [0.4, 0.5) is 14.6 Å². The average molecular weight is 613 g/mol. The highest BCUT2D eigenvalue weighted by Crippen LogP contribution is 2.32. The molecule has 230 valence electrons. The number of para-hydroxylation sites is 1. The van der Waals surface area contributed by atoms with Gasteiger partial charge in [0.15, 0.2) is 11.6 Å². The lowest BCUT2D eigenvalue weighted by Gasteiger charge is -2.30. The molecule has 0 bridgehead atoms. The molecule has 3 aromatic rings. The molecule has 1 aromatic heterocycles. The number of rotatable bonds is 8. The SMILES string of the molecule is C=S=C(Nc1c(C)c(OCC2CCN(C(C)=O)CC2)nn1-c1ccccc1)N[C@@H]1CN(CC)O[C@H]1c1ccc(F)c(F)c1. The Bertz CT molecular complexity index is 1490. The number of hydroxylamine groups is 2. The van der Waals surface area contributed by atoms with Crippen molar-refractivity contribution < 1.29 is 23.1 Å². The van der Waals surface area contributed by atoms with Crippen LogP contribution in [0, 0.1) is 24.5 Å². The number of anilines is 1. The van der Waals surface area contributed by atoms with Gasteiger partial charge in [-0.3, -0.25) is 14.9 Å². The number of halogens is 2. The second kappa shape index (κ2) is 13.8. The van der Waals surface area contributed by atoms with Crippen LogP contribution < -0.4 is 15.4 Å². The predicted octanol–water partition coefficient (Wildman–Crippen LogP) is 4.73. The summed E-state index contributed by atoms with van der Waals surface area (Å²) in [5, 5.41) is 14.2. The highest BCUT2D eigenvalue weighted by molar-refractivity contribution is 7.96. The number of likely N-dealkylation sites (tertiary alicyclic amines) is 1. The summed E-state index contributed by atoms with van der Waals surface area (Å²) in [6, 6.07) is 13.3. The maximum absolute atomic E-state index is 14.1. The van der Waals surface area contributed by atoms with Crippen molar-refractivity contribution in [2.45, 2.75) is 45.8 Å². The molecule has 2 fully saturated rings. The first-order valence-electron chi connectivity index (χ1n) is 14.5. The predicted molar refractivity (Wildman–Crippen MR) is 166 cm³/mol. The highest BCUT2D eigenvalue weighted by Gasteiger charge is 2.36. The van der Waals surface area contributed by atoms with Gasteiger partial charge in [0.2, 0.25) is 11.8 Å². The molecule has 2 aliphatic rings. The first-order chi connectivity index (χ1) is 20.8. The van der Waals surface area contributed by atoms with E-state index in [1.807, 2.05) is 49.1 Å². The summed E-state index contributed by atoms with van der Waals surface area (Å²) in [5.41, 5.74) is 2.22. The number of nitrogens with zero attached hydrogens (tertiary/aromatic N) is 4. The van der Waals surface area contributed by atoms with E-state index >= 15 is 0 Å². The van der Waals surface area contributed by atoms with E-state index in [1.54, 1.807) is 22.7 Å². The van der Waals surface area contributed by atoms with Gasteiger partial charge in [0.05, 0.1) is 23.9 Å². The van der Waals surface area contributed by atoms with E-state index in [0.29, 0.717) is 48.0 Å². The van der Waals surface area contributed by atoms with Crippen molar-refractivity contribution in [3.63, 3.8) is 0 Å². The molecule has 1 amide bonds. The molecule has 2 saturated heterocycles. The van der Waals surface area contributed by atoms with E-state index in [1.165, 1.54) is 17.0 Å². The van der Waals surface area contributed by atoms with Crippen LogP contribution in [0.3, 0.4) is 0 Å². The van der Waals surface area contributed by atoms with E-state index < -0.39 is 17.7 Å². The number of benzene rings is 2. The number of aromatic nitrogens is 2. The van der Waals surface area contributed by atoms with Gasteiger partial charge in [0, 0.05) is 33.1 Å². The van der Waals surface area contributed by atoms with Gasteiger partial charge in [-0.25, -0.2) is 13.5 Å². The Morgan fingerprint density at radius 1 is 1.16 bits per heavy atom. The number of hydrogen-bond donors (Lipinski definition) is 2. The number of likely N-dealkylation sites (N-methyl/N-ethyl adjacent to an activating group) is 1. The van der Waals surface area contributed by atoms with E-state index in [9.17, 15) is 13.6 Å². The third-order valence-corrected chi connectivity index (χ3v) is 8.45. The Hall–Kier alpha value is -3.58. The number of nitrogens with one attached hydrogen (secondary N) is 2. The average Bonchev–Trinajstić information content (AvgIpc) is 3.57. The van der Waals surface area contributed by atoms with Crippen LogP contribution >= 0.6 is 10.9 Å². The molecule has 0 saturated carbocycles. The molecule has 0 radical (unpaired) electrons. The van der Waals surface area contributed by atoms with E-state index in [0.717, 1.165) is 43.2 Å². The summed E-state index contributed by atoms with van der Waals surface area (Å²) in [6.07, 6.45) is 1.24. The molecule has 2 atom stereocenters. The van der Waals surface area contributed by atoms with Gasteiger partial charge >= 0.3 is 0 Å². The zero-order chi connectivity index (χ0) is 30.5. The van der Waals surface area contributed by atoms with Gasteiger partial charge < -0.3 is 15.0 Å². The van der Waals surface area contributed by atoms with Gasteiger partial charge in [-0.15, -0.1) is 16.0 Å². The molecule has 2 aliphatic heterocycles. The lowest BCUT2D eigenvalue weighted by atomic mass is 9.98. The molecular formula is C31H38F2N6O3S. The van der Waals surface area contributed by atoms with Crippen LogP contribution in [0.5, 0.6) is 5.88 Å². The van der Waals surface area contributed by atoms with Crippen molar-refractivity contribution in [1.29, 1.82) is 0 Å². The number of ether oxygens (including phenoxy) is 1. The molecule has 0 unspecified atom stereocenters. The van der Waals surface area contributed by atoms with Crippen LogP contribution in [-0.2, 0) is 9.63 Å². The summed E-state index contributed by atoms with van der Waals surface area (Å²) >= 11 is 0. The molecule has 3 heterocycles. The van der Waals surface area contributed by atoms with Crippen LogP contribution in [-0.4, -0.2) is 75.5 Å². The molecule has 0 aliphatic carbocycles. The van der Waals surface area contributed by atoms with E-state index in [-0.39, 0.29) is 11.9 Å². The lowest BCUT2D eigenvalue weighted by molar-refractivity contribution is -0.144. The molecule has 2 aromatic carbocycles. The minimum atomic E-state index is -0.914. The summed E-state index contributed by atoms with van der Waals surface area (Å²) in [4.78, 5) is 19.7. The highest BCUT2D eigenvalue weighted by atomic mass is 32.1. The first kappa shape index (κ1) is 30.9. The Balaban J connectivity index is 1.35. The topological polar surface area (TPSA) is 83.9 Å². The van der Waals surface area contributed by atoms with Crippen molar-refractivity contribution in [1.82, 2.24) is 25.1 Å². The summed E-state index contributed by atoms with van der Waals surface area (Å²) < 4.78 is 35.8. The number of hydrogen-bond acceptors (Lipinski definition) is 5. The normalized spacial score (nSPS) is 19.4. The minimum absolute atomic E-state index is 0.110. The van der Waals surface area contributed by atoms with Gasteiger partial charge in [-0.2, -0.15) is 5.06 Å². The van der Waals surface area contributed by atoms with Crippen molar-refractivity contribution in [2.75, 3.05) is 38.1 Å². The zero-order valence-electron chi connectivity index (χ0n) is 24.7. The monoisotopic (exact) mass is 612 g/mol. The van der Waals surface area contributed by atoms with Crippen molar-refractivity contribution in [3.8, 4) is 11.6 Å². The maximum atomic E-state index is 14.1. The maximum Gasteiger partial charge on any atom is 0.238 e. The summed E-state index contributed by atoms with van der Waals surface area (Å²) in [7, 11) is 1.25. The molecule has 0 spiro atoms. The van der Waals surface area contributed by atoms with E-state index in [2.05, 4.69) is 16.5 Å². The third kappa shape index (κ3) is 7.15. The minimum Gasteiger partial charge on any atom is -0.476 e. The number of carbonyl (C=O) groups is 1. The van der Waals surface area contributed by atoms with Crippen LogP contribution in [0.1, 0.15) is 43.9 Å². The van der Waals surface area contributed by atoms with Crippen molar-refractivity contribution in [3.05, 3.63) is 71.3 Å². The second-order valence-electron chi connectivity index (χ2n) is 10.8. The van der Waals surface area contributed by atoms with E-state index in [4.69, 9.17) is 14.7 Å². The largest absolute Gasteiger partial charge is 0.476 e. The lowest BCUT2D eigenvalue weighted by Crippen LogP contribution is -2.42. The first-order valence-corrected chi connectivity index (χ1v) is 15.5.